The maximum absolute atomic E-state index is 13.1. The molecule has 1 aromatic carbocycles. The molecule has 1 saturated heterocycles. The molecule has 1 fully saturated rings. The predicted octanol–water partition coefficient (Wildman–Crippen LogP) is 4.20. The zero-order valence-electron chi connectivity index (χ0n) is 18.9. The van der Waals surface area contributed by atoms with E-state index in [1.165, 1.54) is 0 Å². The third-order valence-corrected chi connectivity index (χ3v) is 6.27. The third-order valence-electron chi connectivity index (χ3n) is 6.27. The summed E-state index contributed by atoms with van der Waals surface area (Å²) in [6, 6.07) is 15.7. The van der Waals surface area contributed by atoms with Crippen molar-refractivity contribution in [1.29, 1.82) is 0 Å². The number of hydrogen-bond donors (Lipinski definition) is 2. The van der Waals surface area contributed by atoms with Crippen LogP contribution >= 0.6 is 0 Å². The van der Waals surface area contributed by atoms with E-state index in [0.29, 0.717) is 13.1 Å². The Bertz CT molecular complexity index is 1240. The molecule has 0 radical (unpaired) electrons. The molecule has 4 aromatic rings. The maximum atomic E-state index is 13.1. The van der Waals surface area contributed by atoms with Gasteiger partial charge in [-0.1, -0.05) is 30.3 Å². The van der Waals surface area contributed by atoms with Gasteiger partial charge in [0.2, 0.25) is 0 Å². The zero-order chi connectivity index (χ0) is 22.8. The van der Waals surface area contributed by atoms with Gasteiger partial charge in [-0.2, -0.15) is 5.10 Å². The molecule has 0 aliphatic carbocycles. The van der Waals surface area contributed by atoms with Crippen molar-refractivity contribution in [3.63, 3.8) is 0 Å². The summed E-state index contributed by atoms with van der Waals surface area (Å²) in [5, 5.41) is 10.6. The standard InChI is InChI=1S/C25H28N6O2/c1-17-15-22(29-28-17)27-24-21-9-6-12-31(21)16-20(26-24)18-10-13-30(14-11-18)25(32)23(33-2)19-7-4-3-5-8-19/h3-9,12,15-16,18,23H,10-11,13-14H2,1-2H3,(H2,26,27,28,29). The number of fused-ring (bicyclic) bond motifs is 1. The van der Waals surface area contributed by atoms with Gasteiger partial charge in [-0.05, 0) is 37.5 Å². The molecule has 170 valence electrons. The Kier molecular flexibility index (Phi) is 5.83. The lowest BCUT2D eigenvalue weighted by Crippen LogP contribution is -2.41. The summed E-state index contributed by atoms with van der Waals surface area (Å²) in [4.78, 5) is 20.0. The number of rotatable bonds is 6. The Morgan fingerprint density at radius 1 is 1.18 bits per heavy atom. The average Bonchev–Trinajstić information content (AvgIpc) is 3.49. The van der Waals surface area contributed by atoms with Gasteiger partial charge in [-0.25, -0.2) is 4.98 Å². The molecule has 0 saturated carbocycles. The number of likely N-dealkylation sites (tertiary alicyclic amines) is 1. The normalized spacial score (nSPS) is 15.6. The fraction of sp³-hybridized carbons (Fsp3) is 0.320. The first-order valence-corrected chi connectivity index (χ1v) is 11.3. The fourth-order valence-corrected chi connectivity index (χ4v) is 4.53. The number of amides is 1. The molecule has 5 rings (SSSR count). The summed E-state index contributed by atoms with van der Waals surface area (Å²) in [6.07, 6.45) is 5.28. The second kappa shape index (κ2) is 9.07. The number of aromatic nitrogens is 4. The van der Waals surface area contributed by atoms with Crippen LogP contribution in [0.3, 0.4) is 0 Å². The highest BCUT2D eigenvalue weighted by atomic mass is 16.5. The first-order valence-electron chi connectivity index (χ1n) is 11.3. The van der Waals surface area contributed by atoms with E-state index in [-0.39, 0.29) is 11.8 Å². The fourth-order valence-electron chi connectivity index (χ4n) is 4.53. The number of nitrogens with zero attached hydrogens (tertiary/aromatic N) is 4. The molecule has 1 aliphatic heterocycles. The predicted molar refractivity (Wildman–Crippen MR) is 127 cm³/mol. The van der Waals surface area contributed by atoms with Crippen LogP contribution in [-0.2, 0) is 9.53 Å². The molecule has 8 nitrogen and oxygen atoms in total. The Labute approximate surface area is 192 Å². The van der Waals surface area contributed by atoms with Crippen LogP contribution in [0, 0.1) is 6.92 Å². The SMILES string of the molecule is COC(C(=O)N1CCC(c2cn3cccc3c(Nc3cc(C)[nH]n3)n2)CC1)c1ccccc1. The molecule has 2 N–H and O–H groups in total. The van der Waals surface area contributed by atoms with Crippen molar-refractivity contribution in [3.05, 3.63) is 77.9 Å². The van der Waals surface area contributed by atoms with Gasteiger partial charge in [-0.15, -0.1) is 0 Å². The largest absolute Gasteiger partial charge is 0.367 e. The van der Waals surface area contributed by atoms with E-state index >= 15 is 0 Å². The van der Waals surface area contributed by atoms with E-state index in [2.05, 4.69) is 26.1 Å². The van der Waals surface area contributed by atoms with Crippen LogP contribution in [-0.4, -0.2) is 50.6 Å². The molecule has 1 atom stereocenters. The Morgan fingerprint density at radius 3 is 2.67 bits per heavy atom. The number of carbonyl (C=O) groups excluding carboxylic acids is 1. The molecule has 1 aliphatic rings. The summed E-state index contributed by atoms with van der Waals surface area (Å²) < 4.78 is 7.65. The van der Waals surface area contributed by atoms with Gasteiger partial charge in [-0.3, -0.25) is 9.89 Å². The molecular weight excluding hydrogens is 416 g/mol. The quantitative estimate of drug-likeness (QED) is 0.465. The molecule has 1 amide bonds. The topological polar surface area (TPSA) is 87.5 Å². The molecule has 0 spiro atoms. The lowest BCUT2D eigenvalue weighted by atomic mass is 9.93. The summed E-state index contributed by atoms with van der Waals surface area (Å²) in [7, 11) is 1.59. The number of carbonyl (C=O) groups is 1. The van der Waals surface area contributed by atoms with Gasteiger partial charge in [0, 0.05) is 50.3 Å². The lowest BCUT2D eigenvalue weighted by molar-refractivity contribution is -0.143. The lowest BCUT2D eigenvalue weighted by Gasteiger charge is -2.34. The van der Waals surface area contributed by atoms with E-state index in [1.807, 2.05) is 66.6 Å². The van der Waals surface area contributed by atoms with Gasteiger partial charge in [0.25, 0.3) is 5.91 Å². The highest BCUT2D eigenvalue weighted by Crippen LogP contribution is 2.31. The Balaban J connectivity index is 1.31. The number of aromatic amines is 1. The highest BCUT2D eigenvalue weighted by molar-refractivity contribution is 5.82. The van der Waals surface area contributed by atoms with Crippen LogP contribution in [0.1, 0.15) is 41.8 Å². The van der Waals surface area contributed by atoms with E-state index in [9.17, 15) is 4.79 Å². The minimum Gasteiger partial charge on any atom is -0.367 e. The number of methoxy groups -OCH3 is 1. The molecule has 33 heavy (non-hydrogen) atoms. The molecule has 8 heteroatoms. The van der Waals surface area contributed by atoms with Gasteiger partial charge >= 0.3 is 0 Å². The van der Waals surface area contributed by atoms with E-state index < -0.39 is 6.10 Å². The van der Waals surface area contributed by atoms with E-state index in [4.69, 9.17) is 9.72 Å². The van der Waals surface area contributed by atoms with Crippen LogP contribution in [0.25, 0.3) is 5.52 Å². The van der Waals surface area contributed by atoms with Crippen LogP contribution in [0.15, 0.2) is 60.9 Å². The number of H-pyrrole nitrogens is 1. The maximum Gasteiger partial charge on any atom is 0.256 e. The van der Waals surface area contributed by atoms with Crippen molar-refractivity contribution in [2.45, 2.75) is 31.8 Å². The summed E-state index contributed by atoms with van der Waals surface area (Å²) >= 11 is 0. The molecule has 0 bridgehead atoms. The number of anilines is 2. The summed E-state index contributed by atoms with van der Waals surface area (Å²) in [5.41, 5.74) is 3.89. The van der Waals surface area contributed by atoms with Crippen molar-refractivity contribution >= 4 is 23.1 Å². The van der Waals surface area contributed by atoms with Gasteiger partial charge in [0.15, 0.2) is 17.7 Å². The van der Waals surface area contributed by atoms with Gasteiger partial charge in [0.1, 0.15) is 0 Å². The number of benzene rings is 1. The van der Waals surface area contributed by atoms with E-state index in [1.54, 1.807) is 7.11 Å². The van der Waals surface area contributed by atoms with Crippen molar-refractivity contribution < 1.29 is 9.53 Å². The Morgan fingerprint density at radius 2 is 1.97 bits per heavy atom. The van der Waals surface area contributed by atoms with Crippen molar-refractivity contribution in [1.82, 2.24) is 24.5 Å². The summed E-state index contributed by atoms with van der Waals surface area (Å²) in [5.74, 6) is 1.82. The molecular formula is C25H28N6O2. The molecule has 3 aromatic heterocycles. The Hall–Kier alpha value is -3.65. The number of aryl methyl sites for hydroxylation is 1. The van der Waals surface area contributed by atoms with Gasteiger partial charge < -0.3 is 19.4 Å². The van der Waals surface area contributed by atoms with Crippen molar-refractivity contribution in [2.75, 3.05) is 25.5 Å². The molecule has 1 unspecified atom stereocenters. The summed E-state index contributed by atoms with van der Waals surface area (Å²) in [6.45, 7) is 3.34. The van der Waals surface area contributed by atoms with Crippen molar-refractivity contribution in [2.24, 2.45) is 0 Å². The first-order chi connectivity index (χ1) is 16.1. The number of piperidine rings is 1. The average molecular weight is 445 g/mol. The zero-order valence-corrected chi connectivity index (χ0v) is 18.9. The van der Waals surface area contributed by atoms with Crippen LogP contribution in [0.2, 0.25) is 0 Å². The van der Waals surface area contributed by atoms with Crippen molar-refractivity contribution in [3.8, 4) is 0 Å². The molecule has 4 heterocycles. The van der Waals surface area contributed by atoms with E-state index in [0.717, 1.165) is 46.9 Å². The number of hydrogen-bond acceptors (Lipinski definition) is 5. The minimum absolute atomic E-state index is 0.0206. The number of nitrogens with one attached hydrogen (secondary N) is 2. The second-order valence-corrected chi connectivity index (χ2v) is 8.50. The number of ether oxygens (including phenoxy) is 1. The second-order valence-electron chi connectivity index (χ2n) is 8.50. The van der Waals surface area contributed by atoms with Gasteiger partial charge in [0.05, 0.1) is 11.2 Å². The van der Waals surface area contributed by atoms with Crippen LogP contribution in [0.5, 0.6) is 0 Å². The van der Waals surface area contributed by atoms with Crippen LogP contribution in [0.4, 0.5) is 11.6 Å². The smallest absolute Gasteiger partial charge is 0.256 e. The third kappa shape index (κ3) is 4.34. The minimum atomic E-state index is -0.565. The monoisotopic (exact) mass is 444 g/mol. The van der Waals surface area contributed by atoms with Crippen LogP contribution < -0.4 is 5.32 Å². The highest BCUT2D eigenvalue weighted by Gasteiger charge is 2.30. The first kappa shape index (κ1) is 21.2.